The van der Waals surface area contributed by atoms with Crippen molar-refractivity contribution in [3.8, 4) is 0 Å². The number of rotatable bonds is 2. The molecule has 108 valence electrons. The fourth-order valence-corrected chi connectivity index (χ4v) is 3.17. The van der Waals surface area contributed by atoms with Crippen molar-refractivity contribution in [2.45, 2.75) is 18.6 Å². The van der Waals surface area contributed by atoms with Gasteiger partial charge in [-0.05, 0) is 45.3 Å². The number of hydrogen-bond donors (Lipinski definition) is 2. The van der Waals surface area contributed by atoms with E-state index in [2.05, 4.69) is 21.2 Å². The highest BCUT2D eigenvalue weighted by Crippen LogP contribution is 2.31. The summed E-state index contributed by atoms with van der Waals surface area (Å²) in [6.45, 7) is 0. The molecule has 0 radical (unpaired) electrons. The van der Waals surface area contributed by atoms with Gasteiger partial charge in [0, 0.05) is 10.9 Å². The fourth-order valence-electron chi connectivity index (χ4n) is 2.64. The minimum Gasteiger partial charge on any atom is -0.390 e. The van der Waals surface area contributed by atoms with Gasteiger partial charge in [-0.3, -0.25) is 4.79 Å². The first-order valence-corrected chi connectivity index (χ1v) is 7.37. The van der Waals surface area contributed by atoms with Crippen LogP contribution in [-0.2, 0) is 6.42 Å². The minimum atomic E-state index is -0.648. The summed E-state index contributed by atoms with van der Waals surface area (Å²) in [6.07, 6.45) is -0.128. The molecule has 3 rings (SSSR count). The van der Waals surface area contributed by atoms with Crippen molar-refractivity contribution in [2.75, 3.05) is 0 Å². The minimum absolute atomic E-state index is 0.341. The Kier molecular flexibility index (Phi) is 3.78. The number of nitrogens with one attached hydrogen (secondary N) is 1. The monoisotopic (exact) mass is 349 g/mol. The Morgan fingerprint density at radius 2 is 2.05 bits per heavy atom. The lowest BCUT2D eigenvalue weighted by Crippen LogP contribution is -2.34. The zero-order chi connectivity index (χ0) is 15.0. The van der Waals surface area contributed by atoms with E-state index in [1.807, 2.05) is 24.3 Å². The molecule has 5 heteroatoms. The van der Waals surface area contributed by atoms with E-state index < -0.39 is 18.0 Å². The smallest absolute Gasteiger partial charge is 0.253 e. The van der Waals surface area contributed by atoms with Gasteiger partial charge in [0.1, 0.15) is 5.82 Å². The predicted octanol–water partition coefficient (Wildman–Crippen LogP) is 2.98. The molecule has 0 fully saturated rings. The van der Waals surface area contributed by atoms with Crippen LogP contribution in [-0.4, -0.2) is 17.1 Å². The molecule has 1 aliphatic rings. The van der Waals surface area contributed by atoms with E-state index in [0.717, 1.165) is 11.1 Å². The molecule has 3 nitrogen and oxygen atoms in total. The summed E-state index contributed by atoms with van der Waals surface area (Å²) >= 11 is 3.18. The molecular weight excluding hydrogens is 337 g/mol. The Morgan fingerprint density at radius 1 is 1.29 bits per heavy atom. The number of carbonyl (C=O) groups excluding carboxylic acids is 1. The van der Waals surface area contributed by atoms with Crippen molar-refractivity contribution in [2.24, 2.45) is 0 Å². The van der Waals surface area contributed by atoms with E-state index >= 15 is 0 Å². The highest BCUT2D eigenvalue weighted by atomic mass is 79.9. The normalized spacial score (nSPS) is 20.1. The average molecular weight is 350 g/mol. The van der Waals surface area contributed by atoms with Gasteiger partial charge in [0.2, 0.25) is 0 Å². The number of amides is 1. The van der Waals surface area contributed by atoms with Crippen LogP contribution in [0.25, 0.3) is 0 Å². The molecule has 0 aromatic heterocycles. The molecule has 2 aromatic carbocycles. The van der Waals surface area contributed by atoms with E-state index in [1.165, 1.54) is 18.2 Å². The second-order valence-corrected chi connectivity index (χ2v) is 5.90. The Bertz CT molecular complexity index is 704. The van der Waals surface area contributed by atoms with Crippen LogP contribution >= 0.6 is 15.9 Å². The second-order valence-electron chi connectivity index (χ2n) is 5.05. The third-order valence-electron chi connectivity index (χ3n) is 3.67. The Labute approximate surface area is 129 Å². The SMILES string of the molecule is O=C(N[C@H]1c2ccccc2C[C@H]1O)c1ccc(F)cc1Br. The molecule has 2 atom stereocenters. The molecule has 1 aliphatic carbocycles. The number of halogens is 2. The van der Waals surface area contributed by atoms with Gasteiger partial charge in [-0.15, -0.1) is 0 Å². The quantitative estimate of drug-likeness (QED) is 0.875. The molecule has 0 aliphatic heterocycles. The summed E-state index contributed by atoms with van der Waals surface area (Å²) in [4.78, 5) is 12.3. The molecule has 0 heterocycles. The van der Waals surface area contributed by atoms with Crippen molar-refractivity contribution in [1.82, 2.24) is 5.32 Å². The topological polar surface area (TPSA) is 49.3 Å². The van der Waals surface area contributed by atoms with Crippen LogP contribution in [0.1, 0.15) is 27.5 Å². The van der Waals surface area contributed by atoms with Crippen LogP contribution in [0.2, 0.25) is 0 Å². The van der Waals surface area contributed by atoms with Gasteiger partial charge >= 0.3 is 0 Å². The van der Waals surface area contributed by atoms with Gasteiger partial charge in [0.05, 0.1) is 17.7 Å². The maximum absolute atomic E-state index is 13.1. The Hall–Kier alpha value is -1.72. The van der Waals surface area contributed by atoms with E-state index in [-0.39, 0.29) is 5.91 Å². The molecule has 1 amide bonds. The van der Waals surface area contributed by atoms with Crippen LogP contribution in [0.15, 0.2) is 46.9 Å². The number of aliphatic hydroxyl groups excluding tert-OH is 1. The lowest BCUT2D eigenvalue weighted by Gasteiger charge is -2.18. The van der Waals surface area contributed by atoms with Gasteiger partial charge in [0.15, 0.2) is 0 Å². The number of benzene rings is 2. The largest absolute Gasteiger partial charge is 0.390 e. The summed E-state index contributed by atoms with van der Waals surface area (Å²) in [5, 5.41) is 13.0. The Morgan fingerprint density at radius 3 is 2.81 bits per heavy atom. The number of aliphatic hydroxyl groups is 1. The standard InChI is InChI=1S/C16H13BrFNO2/c17-13-8-10(18)5-6-12(13)16(21)19-15-11-4-2-1-3-9(11)7-14(15)20/h1-6,8,14-15,20H,7H2,(H,19,21)/t14-,15+/m1/s1. The molecule has 2 aromatic rings. The number of carbonyl (C=O) groups is 1. The lowest BCUT2D eigenvalue weighted by molar-refractivity contribution is 0.0857. The second kappa shape index (κ2) is 5.58. The molecule has 0 spiro atoms. The third kappa shape index (κ3) is 2.71. The molecule has 0 unspecified atom stereocenters. The summed E-state index contributed by atoms with van der Waals surface area (Å²) in [7, 11) is 0. The maximum atomic E-state index is 13.1. The number of fused-ring (bicyclic) bond motifs is 1. The van der Waals surface area contributed by atoms with Gasteiger partial charge in [-0.2, -0.15) is 0 Å². The highest BCUT2D eigenvalue weighted by Gasteiger charge is 2.32. The van der Waals surface area contributed by atoms with Crippen molar-refractivity contribution in [3.05, 3.63) is 69.4 Å². The fraction of sp³-hybridized carbons (Fsp3) is 0.188. The van der Waals surface area contributed by atoms with Gasteiger partial charge in [0.25, 0.3) is 5.91 Å². The van der Waals surface area contributed by atoms with Crippen LogP contribution in [0.4, 0.5) is 4.39 Å². The van der Waals surface area contributed by atoms with Crippen LogP contribution in [0.3, 0.4) is 0 Å². The van der Waals surface area contributed by atoms with E-state index in [1.54, 1.807) is 0 Å². The summed E-state index contributed by atoms with van der Waals surface area (Å²) in [5.74, 6) is -0.757. The lowest BCUT2D eigenvalue weighted by atomic mass is 10.1. The molecule has 0 saturated heterocycles. The number of hydrogen-bond acceptors (Lipinski definition) is 2. The molecule has 0 bridgehead atoms. The zero-order valence-corrected chi connectivity index (χ0v) is 12.6. The maximum Gasteiger partial charge on any atom is 0.253 e. The van der Waals surface area contributed by atoms with Crippen molar-refractivity contribution < 1.29 is 14.3 Å². The van der Waals surface area contributed by atoms with Crippen molar-refractivity contribution in [3.63, 3.8) is 0 Å². The van der Waals surface area contributed by atoms with Crippen molar-refractivity contribution >= 4 is 21.8 Å². The third-order valence-corrected chi connectivity index (χ3v) is 4.32. The van der Waals surface area contributed by atoms with E-state index in [9.17, 15) is 14.3 Å². The van der Waals surface area contributed by atoms with Gasteiger partial charge in [-0.1, -0.05) is 24.3 Å². The summed E-state index contributed by atoms with van der Waals surface area (Å²) in [6, 6.07) is 11.1. The molecule has 2 N–H and O–H groups in total. The molecule has 21 heavy (non-hydrogen) atoms. The predicted molar refractivity (Wildman–Crippen MR) is 80.5 cm³/mol. The van der Waals surface area contributed by atoms with Crippen LogP contribution in [0.5, 0.6) is 0 Å². The highest BCUT2D eigenvalue weighted by molar-refractivity contribution is 9.10. The average Bonchev–Trinajstić information content (AvgIpc) is 2.75. The van der Waals surface area contributed by atoms with Gasteiger partial charge in [-0.25, -0.2) is 4.39 Å². The Balaban J connectivity index is 1.85. The van der Waals surface area contributed by atoms with E-state index in [4.69, 9.17) is 0 Å². The first-order chi connectivity index (χ1) is 10.1. The summed E-state index contributed by atoms with van der Waals surface area (Å²) < 4.78 is 13.5. The molecule has 0 saturated carbocycles. The van der Waals surface area contributed by atoms with E-state index in [0.29, 0.717) is 16.5 Å². The van der Waals surface area contributed by atoms with Crippen molar-refractivity contribution in [1.29, 1.82) is 0 Å². The first-order valence-electron chi connectivity index (χ1n) is 6.58. The first kappa shape index (κ1) is 14.2. The van der Waals surface area contributed by atoms with Gasteiger partial charge < -0.3 is 10.4 Å². The zero-order valence-electron chi connectivity index (χ0n) is 11.0. The summed E-state index contributed by atoms with van der Waals surface area (Å²) in [5.41, 5.74) is 2.30. The van der Waals surface area contributed by atoms with Crippen LogP contribution in [0, 0.1) is 5.82 Å². The van der Waals surface area contributed by atoms with Crippen LogP contribution < -0.4 is 5.32 Å². The molecular formula is C16H13BrFNO2.